The summed E-state index contributed by atoms with van der Waals surface area (Å²) >= 11 is 4.73. The van der Waals surface area contributed by atoms with E-state index in [0.717, 1.165) is 6.26 Å². The standard InChI is InChI=1S/C11H16N2O4S3/c1-3-10(11(12)18)20(16,17)13-8-4-6-9(7-5-8)19(2,14)15/h4-7,10,13H,3H2,1-2H3,(H2,12,18). The number of sulfone groups is 1. The van der Waals surface area contributed by atoms with Crippen molar-refractivity contribution in [3.63, 3.8) is 0 Å². The quantitative estimate of drug-likeness (QED) is 0.748. The van der Waals surface area contributed by atoms with Crippen molar-refractivity contribution in [2.45, 2.75) is 23.5 Å². The van der Waals surface area contributed by atoms with Crippen LogP contribution in [0.2, 0.25) is 0 Å². The maximum absolute atomic E-state index is 12.1. The van der Waals surface area contributed by atoms with E-state index in [1.165, 1.54) is 24.3 Å². The van der Waals surface area contributed by atoms with Gasteiger partial charge in [-0.15, -0.1) is 0 Å². The van der Waals surface area contributed by atoms with E-state index in [9.17, 15) is 16.8 Å². The maximum Gasteiger partial charge on any atom is 0.242 e. The molecule has 1 atom stereocenters. The Kier molecular flexibility index (Phi) is 5.11. The minimum atomic E-state index is -3.74. The normalized spacial score (nSPS) is 13.7. The lowest BCUT2D eigenvalue weighted by Crippen LogP contribution is -2.37. The monoisotopic (exact) mass is 336 g/mol. The Morgan fingerprint density at radius 3 is 2.10 bits per heavy atom. The number of benzene rings is 1. The molecule has 0 radical (unpaired) electrons. The zero-order chi connectivity index (χ0) is 15.6. The van der Waals surface area contributed by atoms with Crippen molar-refractivity contribution in [2.24, 2.45) is 5.73 Å². The lowest BCUT2D eigenvalue weighted by molar-refractivity contribution is 0.594. The van der Waals surface area contributed by atoms with Gasteiger partial charge in [0.25, 0.3) is 0 Å². The smallest absolute Gasteiger partial charge is 0.242 e. The van der Waals surface area contributed by atoms with E-state index in [4.69, 9.17) is 18.0 Å². The van der Waals surface area contributed by atoms with E-state index in [0.29, 0.717) is 0 Å². The van der Waals surface area contributed by atoms with E-state index >= 15 is 0 Å². The molecule has 0 aliphatic rings. The zero-order valence-electron chi connectivity index (χ0n) is 11.0. The van der Waals surface area contributed by atoms with Crippen LogP contribution >= 0.6 is 12.2 Å². The van der Waals surface area contributed by atoms with Gasteiger partial charge in [0, 0.05) is 11.9 Å². The number of hydrogen-bond acceptors (Lipinski definition) is 5. The Balaban J connectivity index is 3.02. The Labute approximate surface area is 124 Å². The third kappa shape index (κ3) is 4.15. The van der Waals surface area contributed by atoms with Crippen LogP contribution in [0.15, 0.2) is 29.2 Å². The highest BCUT2D eigenvalue weighted by atomic mass is 32.2. The maximum atomic E-state index is 12.1. The summed E-state index contributed by atoms with van der Waals surface area (Å²) in [6.45, 7) is 1.66. The van der Waals surface area contributed by atoms with Crippen molar-refractivity contribution < 1.29 is 16.8 Å². The molecule has 0 aliphatic heterocycles. The van der Waals surface area contributed by atoms with Gasteiger partial charge in [-0.05, 0) is 30.7 Å². The van der Waals surface area contributed by atoms with Gasteiger partial charge in [-0.25, -0.2) is 16.8 Å². The van der Waals surface area contributed by atoms with Crippen molar-refractivity contribution in [1.82, 2.24) is 0 Å². The van der Waals surface area contributed by atoms with Crippen LogP contribution in [-0.4, -0.2) is 33.3 Å². The van der Waals surface area contributed by atoms with Crippen molar-refractivity contribution in [2.75, 3.05) is 11.0 Å². The van der Waals surface area contributed by atoms with E-state index in [2.05, 4.69) is 4.72 Å². The fraction of sp³-hybridized carbons (Fsp3) is 0.364. The van der Waals surface area contributed by atoms with E-state index in [-0.39, 0.29) is 22.0 Å². The Morgan fingerprint density at radius 1 is 1.25 bits per heavy atom. The predicted octanol–water partition coefficient (Wildman–Crippen LogP) is 0.897. The largest absolute Gasteiger partial charge is 0.392 e. The molecule has 0 saturated heterocycles. The summed E-state index contributed by atoms with van der Waals surface area (Å²) in [6.07, 6.45) is 1.33. The van der Waals surface area contributed by atoms with Gasteiger partial charge in [0.1, 0.15) is 5.25 Å². The molecule has 6 nitrogen and oxygen atoms in total. The molecule has 20 heavy (non-hydrogen) atoms. The first-order chi connectivity index (χ1) is 9.08. The molecule has 0 amide bonds. The first kappa shape index (κ1) is 16.9. The highest BCUT2D eigenvalue weighted by Crippen LogP contribution is 2.17. The molecular weight excluding hydrogens is 320 g/mol. The van der Waals surface area contributed by atoms with Crippen LogP contribution in [0.5, 0.6) is 0 Å². The summed E-state index contributed by atoms with van der Waals surface area (Å²) in [7, 11) is -7.05. The van der Waals surface area contributed by atoms with Crippen molar-refractivity contribution in [3.05, 3.63) is 24.3 Å². The molecule has 1 unspecified atom stereocenters. The van der Waals surface area contributed by atoms with Crippen molar-refractivity contribution in [3.8, 4) is 0 Å². The molecule has 0 spiro atoms. The van der Waals surface area contributed by atoms with Gasteiger partial charge in [-0.3, -0.25) is 4.72 Å². The molecule has 0 saturated carbocycles. The third-order valence-electron chi connectivity index (χ3n) is 2.61. The highest BCUT2D eigenvalue weighted by molar-refractivity contribution is 7.95. The Morgan fingerprint density at radius 2 is 1.75 bits per heavy atom. The van der Waals surface area contributed by atoms with Gasteiger partial charge >= 0.3 is 0 Å². The molecule has 112 valence electrons. The fourth-order valence-electron chi connectivity index (χ4n) is 1.58. The molecule has 0 fully saturated rings. The molecule has 3 N–H and O–H groups in total. The molecule has 0 heterocycles. The van der Waals surface area contributed by atoms with Crippen molar-refractivity contribution >= 4 is 42.8 Å². The number of anilines is 1. The second-order valence-electron chi connectivity index (χ2n) is 4.24. The predicted molar refractivity (Wildman–Crippen MR) is 83.0 cm³/mol. The summed E-state index contributed by atoms with van der Waals surface area (Å²) < 4.78 is 49.1. The Bertz CT molecular complexity index is 694. The van der Waals surface area contributed by atoms with Crippen LogP contribution in [-0.2, 0) is 19.9 Å². The molecule has 0 aliphatic carbocycles. The van der Waals surface area contributed by atoms with E-state index in [1.807, 2.05) is 0 Å². The molecule has 1 rings (SSSR count). The van der Waals surface area contributed by atoms with Gasteiger partial charge in [-0.1, -0.05) is 19.1 Å². The SMILES string of the molecule is CCC(C(N)=S)S(=O)(=O)Nc1ccc(S(C)(=O)=O)cc1. The van der Waals surface area contributed by atoms with Crippen LogP contribution in [0.3, 0.4) is 0 Å². The number of nitrogens with one attached hydrogen (secondary N) is 1. The highest BCUT2D eigenvalue weighted by Gasteiger charge is 2.26. The second kappa shape index (κ2) is 6.06. The lowest BCUT2D eigenvalue weighted by Gasteiger charge is -2.16. The number of rotatable bonds is 6. The lowest BCUT2D eigenvalue weighted by atomic mass is 10.3. The van der Waals surface area contributed by atoms with Crippen LogP contribution in [0.25, 0.3) is 0 Å². The fourth-order valence-corrected chi connectivity index (χ4v) is 4.11. The first-order valence-electron chi connectivity index (χ1n) is 5.69. The van der Waals surface area contributed by atoms with Crippen LogP contribution < -0.4 is 10.5 Å². The van der Waals surface area contributed by atoms with Gasteiger partial charge < -0.3 is 5.73 Å². The minimum Gasteiger partial charge on any atom is -0.392 e. The molecule has 0 bridgehead atoms. The van der Waals surface area contributed by atoms with Gasteiger partial charge in [0.05, 0.1) is 9.88 Å². The summed E-state index contributed by atoms with van der Waals surface area (Å²) in [5.41, 5.74) is 5.66. The number of sulfonamides is 1. The van der Waals surface area contributed by atoms with Gasteiger partial charge in [0.2, 0.25) is 10.0 Å². The number of hydrogen-bond donors (Lipinski definition) is 2. The summed E-state index contributed by atoms with van der Waals surface area (Å²) in [5, 5.41) is -0.966. The number of thiocarbonyl (C=S) groups is 1. The van der Waals surface area contributed by atoms with Gasteiger partial charge in [-0.2, -0.15) is 0 Å². The molecular formula is C11H16N2O4S3. The van der Waals surface area contributed by atoms with Crippen LogP contribution in [0.4, 0.5) is 5.69 Å². The molecule has 0 aromatic heterocycles. The summed E-state index contributed by atoms with van der Waals surface area (Å²) in [4.78, 5) is 0.00888. The van der Waals surface area contributed by atoms with Crippen LogP contribution in [0.1, 0.15) is 13.3 Å². The topological polar surface area (TPSA) is 106 Å². The molecule has 1 aromatic carbocycles. The van der Waals surface area contributed by atoms with E-state index < -0.39 is 25.1 Å². The first-order valence-corrected chi connectivity index (χ1v) is 9.53. The third-order valence-corrected chi connectivity index (χ3v) is 6.02. The van der Waals surface area contributed by atoms with Crippen molar-refractivity contribution in [1.29, 1.82) is 0 Å². The zero-order valence-corrected chi connectivity index (χ0v) is 13.5. The summed E-state index contributed by atoms with van der Waals surface area (Å²) in [5.74, 6) is 0. The average molecular weight is 336 g/mol. The number of nitrogens with two attached hydrogens (primary N) is 1. The van der Waals surface area contributed by atoms with Crippen LogP contribution in [0, 0.1) is 0 Å². The van der Waals surface area contributed by atoms with Gasteiger partial charge in [0.15, 0.2) is 9.84 Å². The summed E-state index contributed by atoms with van der Waals surface area (Å²) in [6, 6.07) is 5.41. The Hall–Kier alpha value is -1.19. The second-order valence-corrected chi connectivity index (χ2v) is 8.59. The molecule has 9 heteroatoms. The molecule has 1 aromatic rings. The average Bonchev–Trinajstić information content (AvgIpc) is 2.27. The minimum absolute atomic E-state index is 0.104. The van der Waals surface area contributed by atoms with E-state index in [1.54, 1.807) is 6.92 Å².